The number of aryl methyl sites for hydroxylation is 2. The molecule has 0 aromatic heterocycles. The van der Waals surface area contributed by atoms with E-state index in [-0.39, 0.29) is 5.78 Å². The molecule has 0 atom stereocenters. The number of Topliss-reactive ketones (excluding diaryl/α,β-unsaturated/α-hetero) is 1. The van der Waals surface area contributed by atoms with Crippen molar-refractivity contribution in [3.63, 3.8) is 0 Å². The predicted molar refractivity (Wildman–Crippen MR) is 151 cm³/mol. The molecule has 0 radical (unpaired) electrons. The Morgan fingerprint density at radius 1 is 0.472 bits per heavy atom. The highest BCUT2D eigenvalue weighted by atomic mass is 16.1. The van der Waals surface area contributed by atoms with Gasteiger partial charge in [0.2, 0.25) is 0 Å². The number of ketones is 1. The van der Waals surface area contributed by atoms with Gasteiger partial charge < -0.3 is 0 Å². The second kappa shape index (κ2) is 7.76. The van der Waals surface area contributed by atoms with Crippen LogP contribution >= 0.6 is 0 Å². The van der Waals surface area contributed by atoms with E-state index in [0.29, 0.717) is 0 Å². The Bertz CT molecular complexity index is 2010. The lowest BCUT2D eigenvalue weighted by molar-refractivity contribution is -0.108. The first kappa shape index (κ1) is 20.8. The molecule has 7 rings (SSSR count). The molecule has 1 nitrogen and oxygen atoms in total. The van der Waals surface area contributed by atoms with E-state index in [1.807, 2.05) is 0 Å². The minimum absolute atomic E-state index is 0.106. The van der Waals surface area contributed by atoms with Gasteiger partial charge >= 0.3 is 0 Å². The summed E-state index contributed by atoms with van der Waals surface area (Å²) in [5.74, 6) is 0.106. The molecule has 0 amide bonds. The van der Waals surface area contributed by atoms with Gasteiger partial charge in [0, 0.05) is 21.6 Å². The Kier molecular flexibility index (Phi) is 4.49. The molecular formula is C35H24O. The molecule has 0 fully saturated rings. The molecule has 0 N–H and O–H groups in total. The molecule has 0 saturated heterocycles. The van der Waals surface area contributed by atoms with Gasteiger partial charge in [-0.25, -0.2) is 0 Å². The van der Waals surface area contributed by atoms with Crippen molar-refractivity contribution in [2.24, 2.45) is 0 Å². The normalized spacial score (nSPS) is 13.2. The maximum Gasteiger partial charge on any atom is 0.195 e. The van der Waals surface area contributed by atoms with Crippen molar-refractivity contribution in [3.05, 3.63) is 142 Å². The molecule has 0 spiro atoms. The van der Waals surface area contributed by atoms with E-state index in [1.54, 1.807) is 0 Å². The van der Waals surface area contributed by atoms with Gasteiger partial charge in [-0.3, -0.25) is 4.79 Å². The maximum absolute atomic E-state index is 14.7. The Hall–Kier alpha value is -4.49. The third-order valence-electron chi connectivity index (χ3n) is 7.61. The molecule has 0 heterocycles. The summed E-state index contributed by atoms with van der Waals surface area (Å²) in [6.07, 6.45) is 0. The van der Waals surface area contributed by atoms with Crippen LogP contribution in [-0.4, -0.2) is 5.78 Å². The molecule has 0 bridgehead atoms. The lowest BCUT2D eigenvalue weighted by atomic mass is 9.89. The SMILES string of the molecule is Cc1ccc(C2=c3c(c4ccccc4c4ccccc34)=C(c3c(C)ccc4ccccc34)C2=O)cc1. The molecular weight excluding hydrogens is 436 g/mol. The summed E-state index contributed by atoms with van der Waals surface area (Å²) in [5, 5.41) is 9.00. The summed E-state index contributed by atoms with van der Waals surface area (Å²) < 4.78 is 0. The molecule has 1 heteroatoms. The van der Waals surface area contributed by atoms with Gasteiger partial charge in [0.15, 0.2) is 5.78 Å². The molecule has 0 unspecified atom stereocenters. The van der Waals surface area contributed by atoms with Crippen molar-refractivity contribution in [1.82, 2.24) is 0 Å². The first-order valence-corrected chi connectivity index (χ1v) is 12.4. The lowest BCUT2D eigenvalue weighted by Crippen LogP contribution is -2.27. The number of carbonyl (C=O) groups is 1. The van der Waals surface area contributed by atoms with Crippen LogP contribution in [0.2, 0.25) is 0 Å². The summed E-state index contributed by atoms with van der Waals surface area (Å²) in [6.45, 7) is 4.20. The molecule has 1 aliphatic carbocycles. The zero-order chi connectivity index (χ0) is 24.4. The molecule has 36 heavy (non-hydrogen) atoms. The fourth-order valence-electron chi connectivity index (χ4n) is 5.96. The summed E-state index contributed by atoms with van der Waals surface area (Å²) in [4.78, 5) is 14.7. The van der Waals surface area contributed by atoms with E-state index >= 15 is 0 Å². The highest BCUT2D eigenvalue weighted by molar-refractivity contribution is 6.46. The largest absolute Gasteiger partial charge is 0.289 e. The highest BCUT2D eigenvalue weighted by Crippen LogP contribution is 2.34. The van der Waals surface area contributed by atoms with Gasteiger partial charge in [-0.2, -0.15) is 0 Å². The number of rotatable bonds is 2. The summed E-state index contributed by atoms with van der Waals surface area (Å²) >= 11 is 0. The third kappa shape index (κ3) is 2.86. The van der Waals surface area contributed by atoms with Crippen LogP contribution in [0.15, 0.2) is 109 Å². The molecule has 0 saturated carbocycles. The average molecular weight is 461 g/mol. The standard InChI is InChI=1S/C35H24O/c1-21-15-18-24(19-16-21)31-32-28-13-7-5-11-26(28)27-12-6-8-14-29(27)33(32)34(35(31)36)30-22(2)17-20-23-9-3-4-10-25(23)30/h3-20H,1-2H3. The monoisotopic (exact) mass is 460 g/mol. The van der Waals surface area contributed by atoms with Gasteiger partial charge in [0.25, 0.3) is 0 Å². The quantitative estimate of drug-likeness (QED) is 0.261. The second-order valence-corrected chi connectivity index (χ2v) is 9.76. The maximum atomic E-state index is 14.7. The van der Waals surface area contributed by atoms with Crippen molar-refractivity contribution < 1.29 is 4.79 Å². The van der Waals surface area contributed by atoms with E-state index in [4.69, 9.17) is 0 Å². The Morgan fingerprint density at radius 3 is 1.64 bits per heavy atom. The van der Waals surface area contributed by atoms with Crippen LogP contribution in [0.1, 0.15) is 22.3 Å². The van der Waals surface area contributed by atoms with E-state index in [9.17, 15) is 4.79 Å². The van der Waals surface area contributed by atoms with E-state index in [2.05, 4.69) is 123 Å². The fraction of sp³-hybridized carbons (Fsp3) is 0.0571. The van der Waals surface area contributed by atoms with Gasteiger partial charge in [-0.05, 0) is 62.9 Å². The van der Waals surface area contributed by atoms with E-state index in [0.717, 1.165) is 59.8 Å². The Morgan fingerprint density at radius 2 is 1.00 bits per heavy atom. The summed E-state index contributed by atoms with van der Waals surface area (Å²) in [6, 6.07) is 38.1. The van der Waals surface area contributed by atoms with Gasteiger partial charge in [-0.1, -0.05) is 115 Å². The summed E-state index contributed by atoms with van der Waals surface area (Å²) in [7, 11) is 0. The highest BCUT2D eigenvalue weighted by Gasteiger charge is 2.30. The van der Waals surface area contributed by atoms with Crippen LogP contribution in [0.4, 0.5) is 0 Å². The molecule has 170 valence electrons. The first-order valence-electron chi connectivity index (χ1n) is 12.4. The van der Waals surface area contributed by atoms with Crippen molar-refractivity contribution in [3.8, 4) is 0 Å². The van der Waals surface area contributed by atoms with Crippen LogP contribution in [0, 0.1) is 13.8 Å². The van der Waals surface area contributed by atoms with E-state index < -0.39 is 0 Å². The van der Waals surface area contributed by atoms with Crippen molar-refractivity contribution in [2.75, 3.05) is 0 Å². The van der Waals surface area contributed by atoms with Crippen LogP contribution in [0.25, 0.3) is 43.5 Å². The predicted octanol–water partition coefficient (Wildman–Crippen LogP) is 6.74. The van der Waals surface area contributed by atoms with E-state index in [1.165, 1.54) is 16.3 Å². The second-order valence-electron chi connectivity index (χ2n) is 9.76. The molecule has 0 aliphatic heterocycles. The van der Waals surface area contributed by atoms with Crippen molar-refractivity contribution in [2.45, 2.75) is 13.8 Å². The molecule has 6 aromatic rings. The summed E-state index contributed by atoms with van der Waals surface area (Å²) in [5.41, 5.74) is 5.93. The Labute approximate surface area is 209 Å². The molecule has 6 aromatic carbocycles. The lowest BCUT2D eigenvalue weighted by Gasteiger charge is -2.13. The zero-order valence-electron chi connectivity index (χ0n) is 20.3. The zero-order valence-corrected chi connectivity index (χ0v) is 20.3. The average Bonchev–Trinajstić information content (AvgIpc) is 3.22. The van der Waals surface area contributed by atoms with Crippen LogP contribution in [0.5, 0.6) is 0 Å². The smallest absolute Gasteiger partial charge is 0.195 e. The van der Waals surface area contributed by atoms with Gasteiger partial charge in [0.1, 0.15) is 0 Å². The molecule has 1 aliphatic rings. The van der Waals surface area contributed by atoms with Crippen LogP contribution in [-0.2, 0) is 4.79 Å². The number of benzene rings is 6. The minimum atomic E-state index is 0.106. The Balaban J connectivity index is 1.81. The third-order valence-corrected chi connectivity index (χ3v) is 7.61. The number of hydrogen-bond donors (Lipinski definition) is 0. The topological polar surface area (TPSA) is 17.1 Å². The number of hydrogen-bond acceptors (Lipinski definition) is 1. The number of carbonyl (C=O) groups excluding carboxylic acids is 1. The van der Waals surface area contributed by atoms with Gasteiger partial charge in [-0.15, -0.1) is 0 Å². The van der Waals surface area contributed by atoms with Gasteiger partial charge in [0.05, 0.1) is 0 Å². The first-order chi connectivity index (χ1) is 17.6. The number of fused-ring (bicyclic) bond motifs is 7. The van der Waals surface area contributed by atoms with Crippen LogP contribution in [0.3, 0.4) is 0 Å². The van der Waals surface area contributed by atoms with Crippen molar-refractivity contribution >= 4 is 49.2 Å². The van der Waals surface area contributed by atoms with Crippen LogP contribution < -0.4 is 10.4 Å². The fourth-order valence-corrected chi connectivity index (χ4v) is 5.96. The van der Waals surface area contributed by atoms with Crippen molar-refractivity contribution in [1.29, 1.82) is 0 Å². The minimum Gasteiger partial charge on any atom is -0.289 e.